The van der Waals surface area contributed by atoms with Crippen LogP contribution in [0.25, 0.3) is 0 Å². The molecule has 0 aromatic carbocycles. The number of Topliss-reactive ketones (excluding diaryl/α,β-unsaturated/α-hetero) is 2. The molecule has 0 saturated carbocycles. The Morgan fingerprint density at radius 3 is 2.50 bits per heavy atom. The van der Waals surface area contributed by atoms with Gasteiger partial charge in [0.05, 0.1) is 10.6 Å². The van der Waals surface area contributed by atoms with Crippen molar-refractivity contribution in [1.82, 2.24) is 10.3 Å². The van der Waals surface area contributed by atoms with Gasteiger partial charge in [0.2, 0.25) is 5.78 Å². The molecule has 0 aliphatic carbocycles. The number of aromatic nitrogens is 1. The van der Waals surface area contributed by atoms with Crippen LogP contribution in [-0.2, 0) is 9.53 Å². The number of carbonyl (C=O) groups is 4. The van der Waals surface area contributed by atoms with Gasteiger partial charge in [-0.2, -0.15) is 0 Å². The average molecular weight is 376 g/mol. The maximum atomic E-state index is 12.3. The van der Waals surface area contributed by atoms with E-state index in [4.69, 9.17) is 4.74 Å². The second-order valence-corrected chi connectivity index (χ2v) is 6.83. The highest BCUT2D eigenvalue weighted by molar-refractivity contribution is 7.12. The zero-order valence-corrected chi connectivity index (χ0v) is 15.8. The Morgan fingerprint density at radius 2 is 1.96 bits per heavy atom. The summed E-state index contributed by atoms with van der Waals surface area (Å²) in [5, 5.41) is 4.27. The number of ketones is 2. The second-order valence-electron chi connectivity index (χ2n) is 5.88. The Bertz CT molecular complexity index is 851. The van der Waals surface area contributed by atoms with Crippen LogP contribution in [0, 0.1) is 13.8 Å². The minimum Gasteiger partial charge on any atom is -0.456 e. The predicted octanol–water partition coefficient (Wildman–Crippen LogP) is 2.44. The fourth-order valence-corrected chi connectivity index (χ4v) is 3.25. The van der Waals surface area contributed by atoms with E-state index < -0.39 is 24.4 Å². The van der Waals surface area contributed by atoms with Crippen molar-refractivity contribution in [2.24, 2.45) is 0 Å². The summed E-state index contributed by atoms with van der Waals surface area (Å²) in [4.78, 5) is 51.2. The number of H-pyrrole nitrogens is 1. The molecule has 0 radical (unpaired) electrons. The molecular weight excluding hydrogens is 356 g/mol. The van der Waals surface area contributed by atoms with Crippen molar-refractivity contribution in [3.8, 4) is 0 Å². The van der Waals surface area contributed by atoms with Crippen molar-refractivity contribution < 1.29 is 23.9 Å². The third kappa shape index (κ3) is 4.26. The van der Waals surface area contributed by atoms with Crippen LogP contribution in [0.15, 0.2) is 17.5 Å². The van der Waals surface area contributed by atoms with Crippen molar-refractivity contribution in [1.29, 1.82) is 0 Å². The fraction of sp³-hybridized carbons (Fsp3) is 0.333. The van der Waals surface area contributed by atoms with E-state index in [0.29, 0.717) is 21.7 Å². The molecule has 1 atom stereocenters. The summed E-state index contributed by atoms with van der Waals surface area (Å²) in [7, 11) is 0. The number of amides is 1. The van der Waals surface area contributed by atoms with Crippen LogP contribution < -0.4 is 5.32 Å². The topological polar surface area (TPSA) is 105 Å². The number of rotatable bonds is 7. The van der Waals surface area contributed by atoms with Crippen molar-refractivity contribution >= 4 is 34.8 Å². The summed E-state index contributed by atoms with van der Waals surface area (Å²) >= 11 is 1.26. The van der Waals surface area contributed by atoms with E-state index in [9.17, 15) is 19.2 Å². The van der Waals surface area contributed by atoms with E-state index in [2.05, 4.69) is 10.3 Å². The Kier molecular flexibility index (Phi) is 6.10. The second kappa shape index (κ2) is 8.09. The molecule has 0 aliphatic heterocycles. The molecule has 1 unspecified atom stereocenters. The summed E-state index contributed by atoms with van der Waals surface area (Å²) in [6.07, 6.45) is 0. The predicted molar refractivity (Wildman–Crippen MR) is 96.8 cm³/mol. The summed E-state index contributed by atoms with van der Waals surface area (Å²) < 4.78 is 5.00. The Balaban J connectivity index is 1.94. The standard InChI is InChI=1S/C18H20N2O5S/c1-9-15(12(4)21)10(2)19-16(9)13(22)8-25-18(24)11(3)20-17(23)14-6-5-7-26-14/h5-7,11,19H,8H2,1-4H3,(H,20,23). The van der Waals surface area contributed by atoms with Gasteiger partial charge in [-0.05, 0) is 44.7 Å². The molecule has 0 fully saturated rings. The van der Waals surface area contributed by atoms with E-state index in [0.717, 1.165) is 0 Å². The molecule has 2 rings (SSSR count). The van der Waals surface area contributed by atoms with Crippen LogP contribution in [0.1, 0.15) is 55.6 Å². The highest BCUT2D eigenvalue weighted by atomic mass is 32.1. The maximum Gasteiger partial charge on any atom is 0.328 e. The number of hydrogen-bond acceptors (Lipinski definition) is 6. The first-order chi connectivity index (χ1) is 12.2. The number of hydrogen-bond donors (Lipinski definition) is 2. The number of ether oxygens (including phenoxy) is 1. The van der Waals surface area contributed by atoms with Gasteiger partial charge in [-0.15, -0.1) is 11.3 Å². The highest BCUT2D eigenvalue weighted by Crippen LogP contribution is 2.19. The first kappa shape index (κ1) is 19.6. The van der Waals surface area contributed by atoms with Crippen molar-refractivity contribution in [2.75, 3.05) is 6.61 Å². The highest BCUT2D eigenvalue weighted by Gasteiger charge is 2.23. The van der Waals surface area contributed by atoms with Gasteiger partial charge < -0.3 is 15.0 Å². The average Bonchev–Trinajstić information content (AvgIpc) is 3.20. The number of thiophene rings is 1. The number of aromatic amines is 1. The van der Waals surface area contributed by atoms with Gasteiger partial charge in [0.25, 0.3) is 5.91 Å². The molecule has 7 nitrogen and oxygen atoms in total. The molecule has 0 aliphatic rings. The van der Waals surface area contributed by atoms with E-state index in [1.165, 1.54) is 25.2 Å². The van der Waals surface area contributed by atoms with Crippen molar-refractivity contribution in [2.45, 2.75) is 33.7 Å². The summed E-state index contributed by atoms with van der Waals surface area (Å²) in [5.41, 5.74) is 1.85. The lowest BCUT2D eigenvalue weighted by Gasteiger charge is -2.12. The van der Waals surface area contributed by atoms with Gasteiger partial charge in [0.1, 0.15) is 6.04 Å². The lowest BCUT2D eigenvalue weighted by atomic mass is 10.1. The van der Waals surface area contributed by atoms with Gasteiger partial charge in [0, 0.05) is 11.3 Å². The zero-order valence-electron chi connectivity index (χ0n) is 15.0. The first-order valence-corrected chi connectivity index (χ1v) is 8.84. The molecule has 2 heterocycles. The SMILES string of the molecule is CC(=O)c1c(C)[nH]c(C(=O)COC(=O)C(C)NC(=O)c2cccs2)c1C. The van der Waals surface area contributed by atoms with E-state index in [1.807, 2.05) is 0 Å². The van der Waals surface area contributed by atoms with Crippen LogP contribution >= 0.6 is 11.3 Å². The molecular formula is C18H20N2O5S. The molecule has 2 N–H and O–H groups in total. The third-order valence-corrected chi connectivity index (χ3v) is 4.73. The number of carbonyl (C=O) groups excluding carboxylic acids is 4. The number of nitrogens with one attached hydrogen (secondary N) is 2. The van der Waals surface area contributed by atoms with E-state index >= 15 is 0 Å². The molecule has 2 aromatic heterocycles. The molecule has 26 heavy (non-hydrogen) atoms. The minimum absolute atomic E-state index is 0.141. The Morgan fingerprint density at radius 1 is 1.27 bits per heavy atom. The number of esters is 1. The van der Waals surface area contributed by atoms with Crippen LogP contribution in [0.4, 0.5) is 0 Å². The van der Waals surface area contributed by atoms with Gasteiger partial charge >= 0.3 is 5.97 Å². The molecule has 0 bridgehead atoms. The van der Waals surface area contributed by atoms with E-state index in [-0.39, 0.29) is 17.4 Å². The van der Waals surface area contributed by atoms with Gasteiger partial charge in [0.15, 0.2) is 12.4 Å². The van der Waals surface area contributed by atoms with Crippen molar-refractivity contribution in [3.63, 3.8) is 0 Å². The van der Waals surface area contributed by atoms with Crippen LogP contribution in [0.3, 0.4) is 0 Å². The van der Waals surface area contributed by atoms with Gasteiger partial charge in [-0.25, -0.2) is 4.79 Å². The molecule has 8 heteroatoms. The number of aryl methyl sites for hydroxylation is 1. The molecule has 0 saturated heterocycles. The minimum atomic E-state index is -0.892. The van der Waals surface area contributed by atoms with Crippen molar-refractivity contribution in [3.05, 3.63) is 44.9 Å². The Labute approximate surface area is 154 Å². The molecule has 0 spiro atoms. The zero-order chi connectivity index (χ0) is 19.4. The molecule has 2 aromatic rings. The lowest BCUT2D eigenvalue weighted by molar-refractivity contribution is -0.144. The normalized spacial score (nSPS) is 11.7. The summed E-state index contributed by atoms with van der Waals surface area (Å²) in [5.74, 6) is -1.67. The summed E-state index contributed by atoms with van der Waals surface area (Å²) in [6.45, 7) is 5.80. The lowest BCUT2D eigenvalue weighted by Crippen LogP contribution is -2.39. The quantitative estimate of drug-likeness (QED) is 0.570. The maximum absolute atomic E-state index is 12.3. The molecule has 1 amide bonds. The summed E-state index contributed by atoms with van der Waals surface area (Å²) in [6, 6.07) is 2.48. The Hall–Kier alpha value is -2.74. The monoisotopic (exact) mass is 376 g/mol. The van der Waals surface area contributed by atoms with Gasteiger partial charge in [-0.1, -0.05) is 6.07 Å². The van der Waals surface area contributed by atoms with Crippen LogP contribution in [-0.4, -0.2) is 41.1 Å². The smallest absolute Gasteiger partial charge is 0.328 e. The first-order valence-electron chi connectivity index (χ1n) is 7.96. The largest absolute Gasteiger partial charge is 0.456 e. The van der Waals surface area contributed by atoms with Gasteiger partial charge in [-0.3, -0.25) is 14.4 Å². The van der Waals surface area contributed by atoms with Crippen LogP contribution in [0.5, 0.6) is 0 Å². The fourth-order valence-electron chi connectivity index (χ4n) is 2.63. The third-order valence-electron chi connectivity index (χ3n) is 3.86. The van der Waals surface area contributed by atoms with Crippen LogP contribution in [0.2, 0.25) is 0 Å². The van der Waals surface area contributed by atoms with E-state index in [1.54, 1.807) is 31.4 Å². The molecule has 138 valence electrons.